The molecule has 104 valence electrons. The van der Waals surface area contributed by atoms with Crippen LogP contribution in [0.15, 0.2) is 18.2 Å². The molecular formula is C14H19NO3S. The third-order valence-electron chi connectivity index (χ3n) is 3.43. The van der Waals surface area contributed by atoms with Gasteiger partial charge in [0, 0.05) is 12.6 Å². The number of likely N-dealkylation sites (N-methyl/N-ethyl adjacent to an activating group) is 1. The molecular weight excluding hydrogens is 262 g/mol. The summed E-state index contributed by atoms with van der Waals surface area (Å²) < 4.78 is 10.7. The summed E-state index contributed by atoms with van der Waals surface area (Å²) >= 11 is 1.23. The SMILES string of the molecule is CSC(=O)N(C)C(C)(C)Cc1ccc2c(c1)OCO2. The normalized spacial score (nSPS) is 13.5. The van der Waals surface area contributed by atoms with Crippen molar-refractivity contribution in [2.24, 2.45) is 0 Å². The Morgan fingerprint density at radius 1 is 1.37 bits per heavy atom. The number of benzene rings is 1. The minimum atomic E-state index is -0.242. The van der Waals surface area contributed by atoms with Gasteiger partial charge >= 0.3 is 0 Å². The third kappa shape index (κ3) is 2.97. The molecule has 0 saturated heterocycles. The molecule has 1 aromatic carbocycles. The van der Waals surface area contributed by atoms with Gasteiger partial charge in [0.2, 0.25) is 6.79 Å². The molecule has 0 unspecified atom stereocenters. The van der Waals surface area contributed by atoms with Gasteiger partial charge < -0.3 is 14.4 Å². The van der Waals surface area contributed by atoms with Gasteiger partial charge in [-0.25, -0.2) is 0 Å². The number of carbonyl (C=O) groups excluding carboxylic acids is 1. The molecule has 0 N–H and O–H groups in total. The summed E-state index contributed by atoms with van der Waals surface area (Å²) in [6, 6.07) is 5.93. The predicted octanol–water partition coefficient (Wildman–Crippen LogP) is 3.15. The van der Waals surface area contributed by atoms with E-state index in [0.717, 1.165) is 23.5 Å². The summed E-state index contributed by atoms with van der Waals surface area (Å²) in [6.45, 7) is 4.41. The Balaban J connectivity index is 2.13. The van der Waals surface area contributed by atoms with Crippen molar-refractivity contribution in [2.45, 2.75) is 25.8 Å². The number of fused-ring (bicyclic) bond motifs is 1. The van der Waals surface area contributed by atoms with Crippen LogP contribution < -0.4 is 9.47 Å². The van der Waals surface area contributed by atoms with Gasteiger partial charge in [-0.1, -0.05) is 17.8 Å². The lowest BCUT2D eigenvalue weighted by molar-refractivity contribution is 0.173. The second kappa shape index (κ2) is 5.33. The zero-order valence-corrected chi connectivity index (χ0v) is 12.5. The molecule has 1 amide bonds. The molecule has 0 aromatic heterocycles. The van der Waals surface area contributed by atoms with Crippen LogP contribution in [0.25, 0.3) is 0 Å². The molecule has 19 heavy (non-hydrogen) atoms. The zero-order valence-electron chi connectivity index (χ0n) is 11.7. The van der Waals surface area contributed by atoms with E-state index in [1.807, 2.05) is 25.2 Å². The second-order valence-corrected chi connectivity index (χ2v) is 5.96. The molecule has 0 saturated carbocycles. The molecule has 5 heteroatoms. The summed E-state index contributed by atoms with van der Waals surface area (Å²) in [4.78, 5) is 13.6. The summed E-state index contributed by atoms with van der Waals surface area (Å²) in [7, 11) is 1.84. The summed E-state index contributed by atoms with van der Waals surface area (Å²) in [6.07, 6.45) is 2.57. The van der Waals surface area contributed by atoms with Crippen LogP contribution in [0.5, 0.6) is 11.5 Å². The highest BCUT2D eigenvalue weighted by Gasteiger charge is 2.28. The van der Waals surface area contributed by atoms with Gasteiger partial charge in [-0.3, -0.25) is 4.79 Å². The molecule has 0 atom stereocenters. The van der Waals surface area contributed by atoms with Gasteiger partial charge in [-0.2, -0.15) is 0 Å². The summed E-state index contributed by atoms with van der Waals surface area (Å²) in [5.41, 5.74) is 0.892. The number of hydrogen-bond acceptors (Lipinski definition) is 4. The van der Waals surface area contributed by atoms with Crippen molar-refractivity contribution < 1.29 is 14.3 Å². The standard InChI is InChI=1S/C14H19NO3S/c1-14(2,15(3)13(16)19-4)8-10-5-6-11-12(7-10)18-9-17-11/h5-7H,8-9H2,1-4H3. The van der Waals surface area contributed by atoms with Crippen molar-refractivity contribution in [1.29, 1.82) is 0 Å². The number of amides is 1. The van der Waals surface area contributed by atoms with Crippen LogP contribution in [0.2, 0.25) is 0 Å². The van der Waals surface area contributed by atoms with Gasteiger partial charge in [0.15, 0.2) is 11.5 Å². The number of carbonyl (C=O) groups is 1. The third-order valence-corrected chi connectivity index (χ3v) is 4.05. The van der Waals surface area contributed by atoms with Gasteiger partial charge in [0.25, 0.3) is 5.24 Å². The Morgan fingerprint density at radius 3 is 2.74 bits per heavy atom. The van der Waals surface area contributed by atoms with E-state index in [0.29, 0.717) is 0 Å². The van der Waals surface area contributed by atoms with Crippen molar-refractivity contribution in [3.63, 3.8) is 0 Å². The first-order valence-corrected chi connectivity index (χ1v) is 7.37. The van der Waals surface area contributed by atoms with Crippen molar-refractivity contribution in [3.8, 4) is 11.5 Å². The fourth-order valence-electron chi connectivity index (χ4n) is 2.05. The van der Waals surface area contributed by atoms with Crippen molar-refractivity contribution >= 4 is 17.0 Å². The van der Waals surface area contributed by atoms with E-state index >= 15 is 0 Å². The summed E-state index contributed by atoms with van der Waals surface area (Å²) in [5, 5.41) is 0.0748. The van der Waals surface area contributed by atoms with Crippen LogP contribution in [0.4, 0.5) is 4.79 Å². The number of rotatable bonds is 3. The maximum Gasteiger partial charge on any atom is 0.281 e. The Hall–Kier alpha value is -1.36. The summed E-state index contributed by atoms with van der Waals surface area (Å²) in [5.74, 6) is 1.57. The molecule has 1 heterocycles. The highest BCUT2D eigenvalue weighted by molar-refractivity contribution is 8.12. The molecule has 0 fully saturated rings. The Morgan fingerprint density at radius 2 is 2.05 bits per heavy atom. The largest absolute Gasteiger partial charge is 0.454 e. The number of hydrogen-bond donors (Lipinski definition) is 0. The maximum atomic E-state index is 11.8. The van der Waals surface area contributed by atoms with E-state index in [4.69, 9.17) is 9.47 Å². The number of nitrogens with zero attached hydrogens (tertiary/aromatic N) is 1. The number of ether oxygens (including phenoxy) is 2. The quantitative estimate of drug-likeness (QED) is 0.853. The highest BCUT2D eigenvalue weighted by Crippen LogP contribution is 2.34. The van der Waals surface area contributed by atoms with Gasteiger partial charge in [0.05, 0.1) is 0 Å². The minimum Gasteiger partial charge on any atom is -0.454 e. The second-order valence-electron chi connectivity index (χ2n) is 5.21. The van der Waals surface area contributed by atoms with E-state index in [1.165, 1.54) is 11.8 Å². The first kappa shape index (κ1) is 14.1. The first-order chi connectivity index (χ1) is 8.94. The Kier molecular flexibility index (Phi) is 3.94. The van der Waals surface area contributed by atoms with E-state index in [1.54, 1.807) is 11.2 Å². The number of thioether (sulfide) groups is 1. The smallest absolute Gasteiger partial charge is 0.281 e. The van der Waals surface area contributed by atoms with Gasteiger partial charge in [-0.15, -0.1) is 0 Å². The fourth-order valence-corrected chi connectivity index (χ4v) is 2.57. The fraction of sp³-hybridized carbons (Fsp3) is 0.500. The average molecular weight is 281 g/mol. The van der Waals surface area contributed by atoms with Crippen LogP contribution in [0.3, 0.4) is 0 Å². The van der Waals surface area contributed by atoms with Gasteiger partial charge in [-0.05, 0) is 44.2 Å². The molecule has 2 rings (SSSR count). The average Bonchev–Trinajstić information content (AvgIpc) is 2.83. The van der Waals surface area contributed by atoms with Crippen LogP contribution in [0, 0.1) is 0 Å². The lowest BCUT2D eigenvalue weighted by Crippen LogP contribution is -2.44. The molecule has 0 bridgehead atoms. The van der Waals surface area contributed by atoms with Crippen LogP contribution >= 0.6 is 11.8 Å². The lowest BCUT2D eigenvalue weighted by atomic mass is 9.93. The molecule has 1 aliphatic heterocycles. The molecule has 0 radical (unpaired) electrons. The molecule has 0 spiro atoms. The molecule has 0 aliphatic carbocycles. The van der Waals surface area contributed by atoms with E-state index in [-0.39, 0.29) is 17.6 Å². The molecule has 1 aliphatic rings. The maximum absolute atomic E-state index is 11.8. The highest BCUT2D eigenvalue weighted by atomic mass is 32.2. The minimum absolute atomic E-state index is 0.0748. The van der Waals surface area contributed by atoms with E-state index < -0.39 is 0 Å². The van der Waals surface area contributed by atoms with Crippen molar-refractivity contribution in [2.75, 3.05) is 20.1 Å². The first-order valence-electron chi connectivity index (χ1n) is 6.14. The van der Waals surface area contributed by atoms with Gasteiger partial charge in [0.1, 0.15) is 0 Å². The Bertz CT molecular complexity index is 488. The molecule has 1 aromatic rings. The lowest BCUT2D eigenvalue weighted by Gasteiger charge is -2.35. The van der Waals surface area contributed by atoms with Crippen molar-refractivity contribution in [1.82, 2.24) is 4.90 Å². The Labute approximate surface area is 118 Å². The zero-order chi connectivity index (χ0) is 14.0. The predicted molar refractivity (Wildman–Crippen MR) is 77.0 cm³/mol. The van der Waals surface area contributed by atoms with Crippen LogP contribution in [-0.4, -0.2) is 35.8 Å². The topological polar surface area (TPSA) is 38.8 Å². The van der Waals surface area contributed by atoms with E-state index in [9.17, 15) is 4.79 Å². The van der Waals surface area contributed by atoms with Crippen LogP contribution in [-0.2, 0) is 6.42 Å². The monoisotopic (exact) mass is 281 g/mol. The molecule has 4 nitrogen and oxygen atoms in total. The van der Waals surface area contributed by atoms with E-state index in [2.05, 4.69) is 13.8 Å². The van der Waals surface area contributed by atoms with Crippen LogP contribution in [0.1, 0.15) is 19.4 Å². The van der Waals surface area contributed by atoms with Crippen molar-refractivity contribution in [3.05, 3.63) is 23.8 Å².